The van der Waals surface area contributed by atoms with Crippen LogP contribution in [0.3, 0.4) is 0 Å². The SMILES string of the molecule is NNc1ncc(C(F)(F)F)c(C(F)(F)F)n1. The number of halogens is 6. The Labute approximate surface area is 84.5 Å². The second-order valence-corrected chi connectivity index (χ2v) is 2.60. The van der Waals surface area contributed by atoms with E-state index in [4.69, 9.17) is 5.84 Å². The Kier molecular flexibility index (Phi) is 2.95. The summed E-state index contributed by atoms with van der Waals surface area (Å²) < 4.78 is 73.3. The van der Waals surface area contributed by atoms with Gasteiger partial charge in [-0.1, -0.05) is 0 Å². The summed E-state index contributed by atoms with van der Waals surface area (Å²) in [5.74, 6) is 3.95. The quantitative estimate of drug-likeness (QED) is 0.450. The highest BCUT2D eigenvalue weighted by atomic mass is 19.4. The highest BCUT2D eigenvalue weighted by molar-refractivity contribution is 5.31. The van der Waals surface area contributed by atoms with Gasteiger partial charge in [0.2, 0.25) is 5.95 Å². The summed E-state index contributed by atoms with van der Waals surface area (Å²) in [5.41, 5.74) is -2.41. The molecule has 0 bridgehead atoms. The molecule has 16 heavy (non-hydrogen) atoms. The summed E-state index contributed by atoms with van der Waals surface area (Å²) in [7, 11) is 0. The standard InChI is InChI=1S/C6H4F6N4/c7-5(8,9)2-1-14-4(16-13)15-3(2)6(10,11)12/h1H,13H2,(H,14,15,16). The van der Waals surface area contributed by atoms with Crippen LogP contribution in [-0.2, 0) is 12.4 Å². The molecule has 0 aliphatic carbocycles. The third-order valence-electron chi connectivity index (χ3n) is 1.49. The summed E-state index contributed by atoms with van der Waals surface area (Å²) >= 11 is 0. The van der Waals surface area contributed by atoms with E-state index in [1.54, 1.807) is 5.43 Å². The second kappa shape index (κ2) is 3.77. The lowest BCUT2D eigenvalue weighted by Crippen LogP contribution is -2.21. The molecule has 0 atom stereocenters. The third-order valence-corrected chi connectivity index (χ3v) is 1.49. The number of hydrogen-bond donors (Lipinski definition) is 2. The molecule has 0 saturated heterocycles. The number of alkyl halides is 6. The Morgan fingerprint density at radius 2 is 1.62 bits per heavy atom. The lowest BCUT2D eigenvalue weighted by Gasteiger charge is -2.14. The molecule has 10 heteroatoms. The minimum Gasteiger partial charge on any atom is -0.292 e. The maximum atomic E-state index is 12.2. The summed E-state index contributed by atoms with van der Waals surface area (Å²) in [5, 5.41) is 0. The van der Waals surface area contributed by atoms with Crippen molar-refractivity contribution in [1.82, 2.24) is 9.97 Å². The van der Waals surface area contributed by atoms with Crippen molar-refractivity contribution in [1.29, 1.82) is 0 Å². The number of hydrogen-bond acceptors (Lipinski definition) is 4. The molecule has 1 heterocycles. The fraction of sp³-hybridized carbons (Fsp3) is 0.333. The monoisotopic (exact) mass is 246 g/mol. The Hall–Kier alpha value is -1.58. The number of aromatic nitrogens is 2. The van der Waals surface area contributed by atoms with Gasteiger partial charge >= 0.3 is 12.4 Å². The van der Waals surface area contributed by atoms with Gasteiger partial charge in [-0.3, -0.25) is 5.43 Å². The van der Waals surface area contributed by atoms with Crippen LogP contribution in [0.2, 0.25) is 0 Å². The number of nitrogens with zero attached hydrogens (tertiary/aromatic N) is 2. The van der Waals surface area contributed by atoms with E-state index in [-0.39, 0.29) is 6.20 Å². The maximum absolute atomic E-state index is 12.2. The van der Waals surface area contributed by atoms with Crippen LogP contribution in [0.1, 0.15) is 11.3 Å². The van der Waals surface area contributed by atoms with Crippen molar-refractivity contribution in [3.8, 4) is 0 Å². The van der Waals surface area contributed by atoms with Crippen LogP contribution in [-0.4, -0.2) is 9.97 Å². The van der Waals surface area contributed by atoms with E-state index in [0.717, 1.165) is 0 Å². The van der Waals surface area contributed by atoms with Crippen molar-refractivity contribution < 1.29 is 26.3 Å². The normalized spacial score (nSPS) is 12.7. The first-order valence-electron chi connectivity index (χ1n) is 3.64. The molecule has 1 aromatic rings. The number of hydrazine groups is 1. The van der Waals surface area contributed by atoms with Crippen molar-refractivity contribution in [2.75, 3.05) is 5.43 Å². The number of rotatable bonds is 1. The first-order chi connectivity index (χ1) is 7.16. The Morgan fingerprint density at radius 3 is 2.00 bits per heavy atom. The predicted molar refractivity (Wildman–Crippen MR) is 39.8 cm³/mol. The highest BCUT2D eigenvalue weighted by Gasteiger charge is 2.45. The van der Waals surface area contributed by atoms with Crippen molar-refractivity contribution in [3.05, 3.63) is 17.5 Å². The molecule has 0 saturated carbocycles. The molecule has 1 rings (SSSR count). The first kappa shape index (κ1) is 12.5. The molecule has 0 aliphatic heterocycles. The van der Waals surface area contributed by atoms with Crippen LogP contribution in [0.15, 0.2) is 6.20 Å². The molecule has 4 nitrogen and oxygen atoms in total. The Bertz CT molecular complexity index is 384. The van der Waals surface area contributed by atoms with Gasteiger partial charge in [0.15, 0.2) is 5.69 Å². The van der Waals surface area contributed by atoms with Crippen LogP contribution >= 0.6 is 0 Å². The van der Waals surface area contributed by atoms with Gasteiger partial charge in [-0.25, -0.2) is 15.8 Å². The minimum absolute atomic E-state index is 0.0189. The van der Waals surface area contributed by atoms with E-state index in [2.05, 4.69) is 9.97 Å². The molecule has 1 aromatic heterocycles. The van der Waals surface area contributed by atoms with Gasteiger partial charge in [0.1, 0.15) is 5.56 Å². The topological polar surface area (TPSA) is 63.8 Å². The molecule has 0 aliphatic rings. The molecule has 3 N–H and O–H groups in total. The highest BCUT2D eigenvalue weighted by Crippen LogP contribution is 2.38. The zero-order valence-electron chi connectivity index (χ0n) is 7.32. The van der Waals surface area contributed by atoms with E-state index >= 15 is 0 Å². The second-order valence-electron chi connectivity index (χ2n) is 2.60. The molecular weight excluding hydrogens is 242 g/mol. The fourth-order valence-electron chi connectivity index (χ4n) is 0.875. The van der Waals surface area contributed by atoms with E-state index in [0.29, 0.717) is 0 Å². The van der Waals surface area contributed by atoms with Crippen LogP contribution in [0.5, 0.6) is 0 Å². The van der Waals surface area contributed by atoms with Crippen LogP contribution < -0.4 is 11.3 Å². The van der Waals surface area contributed by atoms with Crippen LogP contribution in [0, 0.1) is 0 Å². The maximum Gasteiger partial charge on any atom is 0.434 e. The first-order valence-corrected chi connectivity index (χ1v) is 3.64. The average Bonchev–Trinajstić information content (AvgIpc) is 2.14. The Morgan fingerprint density at radius 1 is 1.06 bits per heavy atom. The molecular formula is C6H4F6N4. The predicted octanol–water partition coefficient (Wildman–Crippen LogP) is 1.80. The molecule has 0 amide bonds. The van der Waals surface area contributed by atoms with Gasteiger partial charge in [-0.05, 0) is 0 Å². The van der Waals surface area contributed by atoms with Crippen molar-refractivity contribution in [2.45, 2.75) is 12.4 Å². The van der Waals surface area contributed by atoms with E-state index in [1.165, 1.54) is 0 Å². The van der Waals surface area contributed by atoms with Gasteiger partial charge in [-0.15, -0.1) is 0 Å². The van der Waals surface area contributed by atoms with Crippen LogP contribution in [0.25, 0.3) is 0 Å². The van der Waals surface area contributed by atoms with Crippen molar-refractivity contribution in [3.63, 3.8) is 0 Å². The van der Waals surface area contributed by atoms with Gasteiger partial charge < -0.3 is 0 Å². The summed E-state index contributed by atoms with van der Waals surface area (Å²) in [4.78, 5) is 5.61. The van der Waals surface area contributed by atoms with Gasteiger partial charge in [0.05, 0.1) is 0 Å². The van der Waals surface area contributed by atoms with Crippen molar-refractivity contribution in [2.24, 2.45) is 5.84 Å². The zero-order chi connectivity index (χ0) is 12.6. The smallest absolute Gasteiger partial charge is 0.292 e. The summed E-state index contributed by atoms with van der Waals surface area (Å²) in [6.07, 6.45) is -10.4. The zero-order valence-corrected chi connectivity index (χ0v) is 7.32. The molecule has 0 fully saturated rings. The molecule has 90 valence electrons. The van der Waals surface area contributed by atoms with E-state index < -0.39 is 29.6 Å². The minimum atomic E-state index is -5.24. The lowest BCUT2D eigenvalue weighted by atomic mass is 10.2. The molecule has 0 aromatic carbocycles. The lowest BCUT2D eigenvalue weighted by molar-refractivity contribution is -0.165. The average molecular weight is 246 g/mol. The van der Waals surface area contributed by atoms with E-state index in [9.17, 15) is 26.3 Å². The number of anilines is 1. The third kappa shape index (κ3) is 2.51. The number of nitrogen functional groups attached to an aromatic ring is 1. The molecule has 0 unspecified atom stereocenters. The number of nitrogens with two attached hydrogens (primary N) is 1. The van der Waals surface area contributed by atoms with E-state index in [1.807, 2.05) is 0 Å². The molecule has 0 spiro atoms. The molecule has 0 radical (unpaired) electrons. The fourth-order valence-corrected chi connectivity index (χ4v) is 0.875. The van der Waals surface area contributed by atoms with Gasteiger partial charge in [-0.2, -0.15) is 26.3 Å². The summed E-state index contributed by atoms with van der Waals surface area (Å²) in [6.45, 7) is 0. The van der Waals surface area contributed by atoms with Gasteiger partial charge in [0, 0.05) is 6.20 Å². The van der Waals surface area contributed by atoms with Crippen LogP contribution in [0.4, 0.5) is 32.3 Å². The van der Waals surface area contributed by atoms with Crippen molar-refractivity contribution >= 4 is 5.95 Å². The number of nitrogens with one attached hydrogen (secondary N) is 1. The summed E-state index contributed by atoms with van der Waals surface area (Å²) in [6, 6.07) is 0. The Balaban J connectivity index is 3.40. The van der Waals surface area contributed by atoms with Gasteiger partial charge in [0.25, 0.3) is 0 Å². The largest absolute Gasteiger partial charge is 0.434 e.